The van der Waals surface area contributed by atoms with Crippen molar-refractivity contribution in [3.63, 3.8) is 0 Å². The summed E-state index contributed by atoms with van der Waals surface area (Å²) in [6.45, 7) is 8.50. The van der Waals surface area contributed by atoms with Crippen LogP contribution in [0, 0.1) is 0 Å². The molecule has 0 atom stereocenters. The van der Waals surface area contributed by atoms with E-state index in [-0.39, 0.29) is 0 Å². The number of anilines is 2. The summed E-state index contributed by atoms with van der Waals surface area (Å²) in [6, 6.07) is 11.9. The summed E-state index contributed by atoms with van der Waals surface area (Å²) >= 11 is 1.83. The van der Waals surface area contributed by atoms with Gasteiger partial charge in [0.15, 0.2) is 0 Å². The zero-order chi connectivity index (χ0) is 16.9. The second kappa shape index (κ2) is 7.51. The molecule has 0 saturated heterocycles. The van der Waals surface area contributed by atoms with E-state index in [0.717, 1.165) is 18.7 Å². The molecule has 5 heteroatoms. The first kappa shape index (κ1) is 17.3. The van der Waals surface area contributed by atoms with Crippen molar-refractivity contribution in [1.29, 1.82) is 0 Å². The number of aryl methyl sites for hydroxylation is 1. The third kappa shape index (κ3) is 5.94. The van der Waals surface area contributed by atoms with Crippen molar-refractivity contribution >= 4 is 28.8 Å². The van der Waals surface area contributed by atoms with Gasteiger partial charge in [-0.3, -0.25) is 5.32 Å². The number of benzene rings is 1. The highest BCUT2D eigenvalue weighted by molar-refractivity contribution is 7.12. The van der Waals surface area contributed by atoms with Crippen LogP contribution >= 0.6 is 11.3 Å². The standard InChI is InChI=1S/C18H24N2O2S/c1-5-15-10-11-16(23-15)12-19-13-6-8-14(9-7-13)20-17(21)22-18(2,3)4/h6-11,19H,5,12H2,1-4H3,(H,20,21). The molecule has 0 spiro atoms. The molecule has 0 aliphatic carbocycles. The lowest BCUT2D eigenvalue weighted by atomic mass is 10.2. The summed E-state index contributed by atoms with van der Waals surface area (Å²) in [5.74, 6) is 0. The summed E-state index contributed by atoms with van der Waals surface area (Å²) in [5, 5.41) is 6.11. The molecule has 0 bridgehead atoms. The van der Waals surface area contributed by atoms with Gasteiger partial charge in [-0.25, -0.2) is 4.79 Å². The molecule has 2 rings (SSSR count). The van der Waals surface area contributed by atoms with E-state index in [1.807, 2.05) is 56.4 Å². The molecule has 0 saturated carbocycles. The van der Waals surface area contributed by atoms with Crippen molar-refractivity contribution in [2.45, 2.75) is 46.3 Å². The Kier molecular flexibility index (Phi) is 5.66. The van der Waals surface area contributed by atoms with Gasteiger partial charge in [0.2, 0.25) is 0 Å². The van der Waals surface area contributed by atoms with Crippen molar-refractivity contribution < 1.29 is 9.53 Å². The van der Waals surface area contributed by atoms with Crippen molar-refractivity contribution in [3.8, 4) is 0 Å². The molecule has 4 nitrogen and oxygen atoms in total. The third-order valence-corrected chi connectivity index (χ3v) is 4.29. The first-order valence-electron chi connectivity index (χ1n) is 7.77. The summed E-state index contributed by atoms with van der Waals surface area (Å²) in [6.07, 6.45) is 0.638. The molecule has 1 aromatic carbocycles. The number of carbonyl (C=O) groups is 1. The Morgan fingerprint density at radius 1 is 1.04 bits per heavy atom. The van der Waals surface area contributed by atoms with Crippen LogP contribution in [0.2, 0.25) is 0 Å². The van der Waals surface area contributed by atoms with Crippen molar-refractivity contribution in [3.05, 3.63) is 46.2 Å². The molecular formula is C18H24N2O2S. The van der Waals surface area contributed by atoms with Crippen LogP contribution in [0.15, 0.2) is 36.4 Å². The number of carbonyl (C=O) groups excluding carboxylic acids is 1. The van der Waals surface area contributed by atoms with Crippen LogP contribution in [-0.4, -0.2) is 11.7 Å². The van der Waals surface area contributed by atoms with E-state index in [0.29, 0.717) is 5.69 Å². The quantitative estimate of drug-likeness (QED) is 0.784. The fourth-order valence-electron chi connectivity index (χ4n) is 1.99. The van der Waals surface area contributed by atoms with Crippen LogP contribution in [0.25, 0.3) is 0 Å². The van der Waals surface area contributed by atoms with Gasteiger partial charge in [0.1, 0.15) is 5.60 Å². The summed E-state index contributed by atoms with van der Waals surface area (Å²) in [7, 11) is 0. The van der Waals surface area contributed by atoms with E-state index in [1.54, 1.807) is 0 Å². The number of amides is 1. The van der Waals surface area contributed by atoms with Gasteiger partial charge in [-0.05, 0) is 63.6 Å². The Morgan fingerprint density at radius 2 is 1.65 bits per heavy atom. The fourth-order valence-corrected chi connectivity index (χ4v) is 2.89. The largest absolute Gasteiger partial charge is 0.444 e. The predicted molar refractivity (Wildman–Crippen MR) is 97.3 cm³/mol. The Morgan fingerprint density at radius 3 is 2.22 bits per heavy atom. The maximum Gasteiger partial charge on any atom is 0.412 e. The van der Waals surface area contributed by atoms with Gasteiger partial charge in [-0.15, -0.1) is 11.3 Å². The molecule has 0 aliphatic heterocycles. The molecule has 0 unspecified atom stereocenters. The van der Waals surface area contributed by atoms with Crippen LogP contribution in [0.1, 0.15) is 37.4 Å². The molecule has 1 amide bonds. The Bertz CT molecular complexity index is 642. The van der Waals surface area contributed by atoms with Gasteiger partial charge in [-0.1, -0.05) is 6.92 Å². The van der Waals surface area contributed by atoms with Crippen LogP contribution in [0.4, 0.5) is 16.2 Å². The van der Waals surface area contributed by atoms with Gasteiger partial charge in [-0.2, -0.15) is 0 Å². The van der Waals surface area contributed by atoms with E-state index in [4.69, 9.17) is 4.74 Å². The Hall–Kier alpha value is -2.01. The van der Waals surface area contributed by atoms with Crippen LogP contribution in [0.5, 0.6) is 0 Å². The molecule has 2 aromatic rings. The van der Waals surface area contributed by atoms with Gasteiger partial charge >= 0.3 is 6.09 Å². The summed E-state index contributed by atoms with van der Waals surface area (Å²) < 4.78 is 5.23. The Labute approximate surface area is 141 Å². The molecule has 2 N–H and O–H groups in total. The zero-order valence-corrected chi connectivity index (χ0v) is 14.9. The number of nitrogens with one attached hydrogen (secondary N) is 2. The highest BCUT2D eigenvalue weighted by Crippen LogP contribution is 2.20. The lowest BCUT2D eigenvalue weighted by molar-refractivity contribution is 0.0636. The molecular weight excluding hydrogens is 308 g/mol. The molecule has 23 heavy (non-hydrogen) atoms. The number of hydrogen-bond donors (Lipinski definition) is 2. The van der Waals surface area contributed by atoms with Gasteiger partial charge < -0.3 is 10.1 Å². The zero-order valence-electron chi connectivity index (χ0n) is 14.1. The first-order valence-corrected chi connectivity index (χ1v) is 8.59. The second-order valence-corrected chi connectivity index (χ2v) is 7.53. The smallest absolute Gasteiger partial charge is 0.412 e. The predicted octanol–water partition coefficient (Wildman–Crippen LogP) is 5.27. The summed E-state index contributed by atoms with van der Waals surface area (Å²) in [4.78, 5) is 14.4. The number of rotatable bonds is 5. The second-order valence-electron chi connectivity index (χ2n) is 6.28. The van der Waals surface area contributed by atoms with Crippen LogP contribution in [-0.2, 0) is 17.7 Å². The average Bonchev–Trinajstić information content (AvgIpc) is 2.92. The maximum atomic E-state index is 11.7. The monoisotopic (exact) mass is 332 g/mol. The van der Waals surface area contributed by atoms with Gasteiger partial charge in [0.25, 0.3) is 0 Å². The van der Waals surface area contributed by atoms with Crippen LogP contribution in [0.3, 0.4) is 0 Å². The highest BCUT2D eigenvalue weighted by atomic mass is 32.1. The van der Waals surface area contributed by atoms with E-state index in [9.17, 15) is 4.79 Å². The topological polar surface area (TPSA) is 50.4 Å². The van der Waals surface area contributed by atoms with Gasteiger partial charge in [0.05, 0.1) is 0 Å². The molecule has 0 radical (unpaired) electrons. The van der Waals surface area contributed by atoms with Crippen molar-refractivity contribution in [2.24, 2.45) is 0 Å². The van der Waals surface area contributed by atoms with Crippen molar-refractivity contribution in [2.75, 3.05) is 10.6 Å². The van der Waals surface area contributed by atoms with Crippen molar-refractivity contribution in [1.82, 2.24) is 0 Å². The minimum Gasteiger partial charge on any atom is -0.444 e. The number of ether oxygens (including phenoxy) is 1. The summed E-state index contributed by atoms with van der Waals surface area (Å²) in [5.41, 5.74) is 1.24. The number of hydrogen-bond acceptors (Lipinski definition) is 4. The minimum atomic E-state index is -0.496. The first-order chi connectivity index (χ1) is 10.9. The lowest BCUT2D eigenvalue weighted by Crippen LogP contribution is -2.27. The van der Waals surface area contributed by atoms with Crippen LogP contribution < -0.4 is 10.6 Å². The van der Waals surface area contributed by atoms with E-state index < -0.39 is 11.7 Å². The molecule has 0 aliphatic rings. The SMILES string of the molecule is CCc1ccc(CNc2ccc(NC(=O)OC(C)(C)C)cc2)s1. The lowest BCUT2D eigenvalue weighted by Gasteiger charge is -2.19. The molecule has 1 heterocycles. The van der Waals surface area contributed by atoms with E-state index >= 15 is 0 Å². The molecule has 1 aromatic heterocycles. The Balaban J connectivity index is 1.85. The normalized spacial score (nSPS) is 11.1. The highest BCUT2D eigenvalue weighted by Gasteiger charge is 2.16. The third-order valence-electron chi connectivity index (χ3n) is 3.06. The fraction of sp³-hybridized carbons (Fsp3) is 0.389. The van der Waals surface area contributed by atoms with Gasteiger partial charge in [0, 0.05) is 27.7 Å². The number of thiophene rings is 1. The maximum absolute atomic E-state index is 11.7. The molecule has 124 valence electrons. The van der Waals surface area contributed by atoms with E-state index in [2.05, 4.69) is 29.7 Å². The average molecular weight is 332 g/mol. The molecule has 0 fully saturated rings. The van der Waals surface area contributed by atoms with E-state index in [1.165, 1.54) is 9.75 Å². The minimum absolute atomic E-state index is 0.441.